The molecule has 2 aliphatic rings. The molecule has 0 aromatic heterocycles. The van der Waals surface area contributed by atoms with Crippen LogP contribution in [0.5, 0.6) is 5.75 Å². The van der Waals surface area contributed by atoms with E-state index in [0.717, 1.165) is 43.1 Å². The number of carbonyl (C=O) groups excluding carboxylic acids is 1. The summed E-state index contributed by atoms with van der Waals surface area (Å²) in [4.78, 5) is 15.9. The normalized spacial score (nSPS) is 17.8. The van der Waals surface area contributed by atoms with Gasteiger partial charge in [-0.15, -0.1) is 0 Å². The fraction of sp³-hybridized carbons (Fsp3) is 0.381. The first-order chi connectivity index (χ1) is 14.0. The quantitative estimate of drug-likeness (QED) is 0.729. The predicted octanol–water partition coefficient (Wildman–Crippen LogP) is 3.05. The van der Waals surface area contributed by atoms with E-state index in [1.54, 1.807) is 0 Å². The van der Waals surface area contributed by atoms with Gasteiger partial charge in [0.2, 0.25) is 5.91 Å². The third-order valence-corrected chi connectivity index (χ3v) is 5.99. The van der Waals surface area contributed by atoms with Crippen LogP contribution in [0, 0.1) is 0 Å². The number of carbonyl (C=O) groups is 1. The number of rotatable bonds is 6. The van der Waals surface area contributed by atoms with Gasteiger partial charge in [0.15, 0.2) is 0 Å². The molecule has 2 aliphatic heterocycles. The van der Waals surface area contributed by atoms with Gasteiger partial charge in [-0.25, -0.2) is 0 Å². The summed E-state index contributed by atoms with van der Waals surface area (Å²) in [5, 5.41) is 14.3. The number of β-amino-alcohol motifs (C(OH)–C–C–N with tert-alkyl or cyclic N) is 1. The molecule has 1 atom stereocenters. The number of anilines is 2. The summed E-state index contributed by atoms with van der Waals surface area (Å²) in [7, 11) is 0. The zero-order chi connectivity index (χ0) is 20.4. The number of ether oxygens (including phenoxy) is 1. The zero-order valence-electron chi connectivity index (χ0n) is 15.9. The van der Waals surface area contributed by atoms with Gasteiger partial charge in [-0.3, -0.25) is 9.69 Å². The molecule has 8 heteroatoms. The number of aliphatic hydroxyl groups is 1. The average Bonchev–Trinajstić information content (AvgIpc) is 3.08. The Balaban J connectivity index is 1.23. The first kappa shape index (κ1) is 20.3. The van der Waals surface area contributed by atoms with Crippen LogP contribution >= 0.6 is 23.2 Å². The van der Waals surface area contributed by atoms with Crippen molar-refractivity contribution < 1.29 is 14.6 Å². The lowest BCUT2D eigenvalue weighted by molar-refractivity contribution is -0.115. The number of nitrogens with zero attached hydrogens (tertiary/aromatic N) is 2. The third-order valence-electron chi connectivity index (χ3n) is 5.25. The summed E-state index contributed by atoms with van der Waals surface area (Å²) in [5.41, 5.74) is 2.83. The molecule has 2 heterocycles. The number of halogens is 2. The highest BCUT2D eigenvalue weighted by Gasteiger charge is 2.21. The molecular formula is C21H23Cl2N3O3. The predicted molar refractivity (Wildman–Crippen MR) is 115 cm³/mol. The van der Waals surface area contributed by atoms with E-state index in [9.17, 15) is 9.90 Å². The first-order valence-electron chi connectivity index (χ1n) is 9.64. The Hall–Kier alpha value is -1.99. The molecule has 0 saturated carbocycles. The summed E-state index contributed by atoms with van der Waals surface area (Å²) < 4.78 is 5.73. The highest BCUT2D eigenvalue weighted by molar-refractivity contribution is 6.42. The molecule has 0 bridgehead atoms. The zero-order valence-corrected chi connectivity index (χ0v) is 17.4. The van der Waals surface area contributed by atoms with Crippen molar-refractivity contribution >= 4 is 40.5 Å². The Morgan fingerprint density at radius 3 is 2.62 bits per heavy atom. The molecule has 154 valence electrons. The highest BCUT2D eigenvalue weighted by Crippen LogP contribution is 2.28. The van der Waals surface area contributed by atoms with E-state index in [-0.39, 0.29) is 12.5 Å². The van der Waals surface area contributed by atoms with Gasteiger partial charge in [-0.2, -0.15) is 0 Å². The lowest BCUT2D eigenvalue weighted by Crippen LogP contribution is -2.49. The van der Waals surface area contributed by atoms with Gasteiger partial charge in [0.05, 0.1) is 16.5 Å². The molecule has 1 saturated heterocycles. The van der Waals surface area contributed by atoms with Crippen molar-refractivity contribution in [3.05, 3.63) is 52.0 Å². The van der Waals surface area contributed by atoms with Crippen LogP contribution in [-0.2, 0) is 11.2 Å². The molecule has 6 nitrogen and oxygen atoms in total. The number of fused-ring (bicyclic) bond motifs is 1. The van der Waals surface area contributed by atoms with Crippen molar-refractivity contribution in [3.63, 3.8) is 0 Å². The summed E-state index contributed by atoms with van der Waals surface area (Å²) >= 11 is 12.1. The van der Waals surface area contributed by atoms with E-state index in [1.807, 2.05) is 36.4 Å². The highest BCUT2D eigenvalue weighted by atomic mass is 35.5. The van der Waals surface area contributed by atoms with Crippen molar-refractivity contribution in [3.8, 4) is 5.75 Å². The maximum absolute atomic E-state index is 11.4. The minimum atomic E-state index is -0.584. The molecule has 0 radical (unpaired) electrons. The SMILES string of the molecule is O=C1Cc2cc(OC[C@H](O)CN3CCN(c4ccc(Cl)c(Cl)c4)CC3)ccc2N1. The average molecular weight is 436 g/mol. The van der Waals surface area contributed by atoms with Gasteiger partial charge in [0.1, 0.15) is 18.5 Å². The Morgan fingerprint density at radius 2 is 1.86 bits per heavy atom. The maximum atomic E-state index is 11.4. The molecule has 1 amide bonds. The van der Waals surface area contributed by atoms with E-state index >= 15 is 0 Å². The van der Waals surface area contributed by atoms with Crippen LogP contribution in [0.2, 0.25) is 10.0 Å². The van der Waals surface area contributed by atoms with Crippen molar-refractivity contribution in [2.75, 3.05) is 49.5 Å². The monoisotopic (exact) mass is 435 g/mol. The summed E-state index contributed by atoms with van der Waals surface area (Å²) in [6, 6.07) is 11.2. The number of nitrogens with one attached hydrogen (secondary N) is 1. The summed E-state index contributed by atoms with van der Waals surface area (Å²) in [6.07, 6.45) is -0.211. The van der Waals surface area contributed by atoms with Crippen LogP contribution in [0.1, 0.15) is 5.56 Å². The Morgan fingerprint density at radius 1 is 1.07 bits per heavy atom. The van der Waals surface area contributed by atoms with Crippen LogP contribution in [0.25, 0.3) is 0 Å². The van der Waals surface area contributed by atoms with Crippen LogP contribution in [0.3, 0.4) is 0 Å². The molecule has 0 unspecified atom stereocenters. The third kappa shape index (κ3) is 4.95. The molecular weight excluding hydrogens is 413 g/mol. The van der Waals surface area contributed by atoms with Gasteiger partial charge in [-0.05, 0) is 42.0 Å². The van der Waals surface area contributed by atoms with Crippen LogP contribution < -0.4 is 15.0 Å². The van der Waals surface area contributed by atoms with Gasteiger partial charge in [0, 0.05) is 44.1 Å². The van der Waals surface area contributed by atoms with Crippen molar-refractivity contribution in [1.82, 2.24) is 4.90 Å². The number of benzene rings is 2. The second-order valence-corrected chi connectivity index (χ2v) is 8.21. The number of piperazine rings is 1. The first-order valence-corrected chi connectivity index (χ1v) is 10.4. The fourth-order valence-corrected chi connectivity index (χ4v) is 4.00. The minimum Gasteiger partial charge on any atom is -0.491 e. The summed E-state index contributed by atoms with van der Waals surface area (Å²) in [5.74, 6) is 0.668. The largest absolute Gasteiger partial charge is 0.491 e. The second-order valence-electron chi connectivity index (χ2n) is 7.39. The molecule has 29 heavy (non-hydrogen) atoms. The standard InChI is InChI=1S/C21H23Cl2N3O3/c22-18-3-1-15(11-19(18)23)26-7-5-25(6-8-26)12-16(27)13-29-17-2-4-20-14(9-17)10-21(28)24-20/h1-4,9,11,16,27H,5-8,10,12-13H2,(H,24,28)/t16-/m1/s1. The van der Waals surface area contributed by atoms with E-state index in [0.29, 0.717) is 28.8 Å². The van der Waals surface area contributed by atoms with Crippen molar-refractivity contribution in [1.29, 1.82) is 0 Å². The van der Waals surface area contributed by atoms with E-state index in [1.165, 1.54) is 0 Å². The fourth-order valence-electron chi connectivity index (χ4n) is 3.71. The molecule has 4 rings (SSSR count). The Kier molecular flexibility index (Phi) is 6.15. The van der Waals surface area contributed by atoms with Crippen LogP contribution in [0.15, 0.2) is 36.4 Å². The lowest BCUT2D eigenvalue weighted by Gasteiger charge is -2.37. The smallest absolute Gasteiger partial charge is 0.228 e. The van der Waals surface area contributed by atoms with Gasteiger partial charge < -0.3 is 20.1 Å². The molecule has 0 aliphatic carbocycles. The van der Waals surface area contributed by atoms with Crippen molar-refractivity contribution in [2.24, 2.45) is 0 Å². The topological polar surface area (TPSA) is 65.0 Å². The van der Waals surface area contributed by atoms with Gasteiger partial charge >= 0.3 is 0 Å². The van der Waals surface area contributed by atoms with E-state index < -0.39 is 6.10 Å². The van der Waals surface area contributed by atoms with Crippen LogP contribution in [-0.4, -0.2) is 61.3 Å². The molecule has 0 spiro atoms. The number of aliphatic hydroxyl groups excluding tert-OH is 1. The second kappa shape index (κ2) is 8.79. The minimum absolute atomic E-state index is 0.00259. The van der Waals surface area contributed by atoms with Crippen molar-refractivity contribution in [2.45, 2.75) is 12.5 Å². The molecule has 2 aromatic carbocycles. The van der Waals surface area contributed by atoms with Gasteiger partial charge in [0.25, 0.3) is 0 Å². The molecule has 1 fully saturated rings. The number of amides is 1. The molecule has 2 N–H and O–H groups in total. The van der Waals surface area contributed by atoms with E-state index in [2.05, 4.69) is 15.1 Å². The number of hydrogen-bond acceptors (Lipinski definition) is 5. The number of hydrogen-bond donors (Lipinski definition) is 2. The molecule has 2 aromatic rings. The Labute approximate surface area is 180 Å². The summed E-state index contributed by atoms with van der Waals surface area (Å²) in [6.45, 7) is 4.19. The van der Waals surface area contributed by atoms with Crippen LogP contribution in [0.4, 0.5) is 11.4 Å². The van der Waals surface area contributed by atoms with E-state index in [4.69, 9.17) is 27.9 Å². The van der Waals surface area contributed by atoms with Gasteiger partial charge in [-0.1, -0.05) is 23.2 Å². The lowest BCUT2D eigenvalue weighted by atomic mass is 10.1. The maximum Gasteiger partial charge on any atom is 0.228 e. The Bertz CT molecular complexity index is 901.